The second-order valence-electron chi connectivity index (χ2n) is 5.25. The van der Waals surface area contributed by atoms with Gasteiger partial charge in [-0.1, -0.05) is 39.7 Å². The van der Waals surface area contributed by atoms with Crippen molar-refractivity contribution in [3.63, 3.8) is 0 Å². The third-order valence-electron chi connectivity index (χ3n) is 3.58. The van der Waals surface area contributed by atoms with Crippen molar-refractivity contribution in [1.82, 2.24) is 4.98 Å². The van der Waals surface area contributed by atoms with Gasteiger partial charge in [-0.05, 0) is 37.3 Å². The van der Waals surface area contributed by atoms with Gasteiger partial charge in [-0.15, -0.1) is 0 Å². The lowest BCUT2D eigenvalue weighted by atomic mass is 9.73. The van der Waals surface area contributed by atoms with Crippen LogP contribution in [0, 0.1) is 16.7 Å². The van der Waals surface area contributed by atoms with Crippen LogP contribution in [0.2, 0.25) is 0 Å². The van der Waals surface area contributed by atoms with E-state index in [1.54, 1.807) is 0 Å². The second-order valence-corrected chi connectivity index (χ2v) is 5.25. The molecule has 1 rings (SSSR count). The highest BCUT2D eigenvalue weighted by Gasteiger charge is 2.30. The molecule has 0 amide bonds. The van der Waals surface area contributed by atoms with Crippen LogP contribution < -0.4 is 0 Å². The minimum absolute atomic E-state index is 0.166. The van der Waals surface area contributed by atoms with Crippen LogP contribution >= 0.6 is 0 Å². The number of nitrogens with zero attached hydrogens (tertiary/aromatic N) is 2. The van der Waals surface area contributed by atoms with Crippen molar-refractivity contribution in [2.24, 2.45) is 5.41 Å². The highest BCUT2D eigenvalue weighted by molar-refractivity contribution is 5.11. The molecule has 1 atom stereocenters. The minimum atomic E-state index is -0.166. The molecule has 1 heterocycles. The molecule has 0 spiro atoms. The van der Waals surface area contributed by atoms with E-state index in [1.807, 2.05) is 18.3 Å². The summed E-state index contributed by atoms with van der Waals surface area (Å²) in [4.78, 5) is 4.41. The smallest absolute Gasteiger partial charge is 0.0689 e. The van der Waals surface area contributed by atoms with Crippen molar-refractivity contribution >= 4 is 0 Å². The number of pyridine rings is 1. The maximum atomic E-state index is 9.56. The zero-order valence-corrected chi connectivity index (χ0v) is 11.8. The number of hydrogen-bond donors (Lipinski definition) is 0. The van der Waals surface area contributed by atoms with E-state index in [4.69, 9.17) is 0 Å². The molecule has 2 heteroatoms. The van der Waals surface area contributed by atoms with Crippen LogP contribution in [0.25, 0.3) is 0 Å². The average molecular weight is 244 g/mol. The molecule has 0 saturated carbocycles. The Morgan fingerprint density at radius 3 is 2.39 bits per heavy atom. The van der Waals surface area contributed by atoms with Gasteiger partial charge in [0.25, 0.3) is 0 Å². The van der Waals surface area contributed by atoms with E-state index in [0.29, 0.717) is 5.92 Å². The maximum Gasteiger partial charge on any atom is 0.0689 e. The van der Waals surface area contributed by atoms with Crippen molar-refractivity contribution < 1.29 is 0 Å². The quantitative estimate of drug-likeness (QED) is 0.698. The topological polar surface area (TPSA) is 36.7 Å². The summed E-state index contributed by atoms with van der Waals surface area (Å²) in [6.45, 7) is 6.50. The van der Waals surface area contributed by atoms with Crippen molar-refractivity contribution in [1.29, 1.82) is 5.26 Å². The van der Waals surface area contributed by atoms with Gasteiger partial charge < -0.3 is 0 Å². The highest BCUT2D eigenvalue weighted by atomic mass is 14.7. The Morgan fingerprint density at radius 1 is 1.28 bits per heavy atom. The van der Waals surface area contributed by atoms with Gasteiger partial charge in [0.05, 0.1) is 11.5 Å². The number of nitriles is 1. The third-order valence-corrected chi connectivity index (χ3v) is 3.58. The van der Waals surface area contributed by atoms with E-state index in [1.165, 1.54) is 0 Å². The van der Waals surface area contributed by atoms with Crippen LogP contribution in [-0.2, 0) is 0 Å². The molecule has 0 aliphatic heterocycles. The summed E-state index contributed by atoms with van der Waals surface area (Å²) in [6, 6.07) is 8.61. The highest BCUT2D eigenvalue weighted by Crippen LogP contribution is 2.38. The first-order chi connectivity index (χ1) is 8.67. The first kappa shape index (κ1) is 14.7. The molecule has 0 aliphatic rings. The molecule has 0 aromatic carbocycles. The van der Waals surface area contributed by atoms with Crippen LogP contribution in [-0.4, -0.2) is 4.98 Å². The molecule has 98 valence electrons. The van der Waals surface area contributed by atoms with E-state index < -0.39 is 0 Å². The van der Waals surface area contributed by atoms with E-state index in [0.717, 1.165) is 37.8 Å². The maximum absolute atomic E-state index is 9.56. The van der Waals surface area contributed by atoms with Crippen LogP contribution in [0.3, 0.4) is 0 Å². The van der Waals surface area contributed by atoms with Gasteiger partial charge in [0.15, 0.2) is 0 Å². The van der Waals surface area contributed by atoms with Crippen LogP contribution in [0.15, 0.2) is 24.4 Å². The molecular weight excluding hydrogens is 220 g/mol. The normalized spacial score (nSPS) is 13.0. The van der Waals surface area contributed by atoms with E-state index in [-0.39, 0.29) is 5.41 Å². The van der Waals surface area contributed by atoms with Crippen molar-refractivity contribution in [2.45, 2.75) is 58.8 Å². The van der Waals surface area contributed by atoms with Gasteiger partial charge in [0, 0.05) is 11.9 Å². The van der Waals surface area contributed by atoms with Gasteiger partial charge in [0.1, 0.15) is 0 Å². The largest absolute Gasteiger partial charge is 0.261 e. The Balaban J connectivity index is 2.80. The SMILES string of the molecule is CCCC(C#N)(CCC)CC(C)c1ccccn1. The summed E-state index contributed by atoms with van der Waals surface area (Å²) in [5.41, 5.74) is 0.935. The fourth-order valence-electron chi connectivity index (χ4n) is 2.80. The molecule has 0 aliphatic carbocycles. The summed E-state index contributed by atoms with van der Waals surface area (Å²) in [6.07, 6.45) is 6.88. The average Bonchev–Trinajstić information content (AvgIpc) is 2.40. The standard InChI is InChI=1S/C16H24N2/c1-4-9-16(13-17,10-5-2)12-14(3)15-8-6-7-11-18-15/h6-8,11,14H,4-5,9-10,12H2,1-3H3. The second kappa shape index (κ2) is 7.16. The van der Waals surface area contributed by atoms with Crippen molar-refractivity contribution in [3.8, 4) is 6.07 Å². The van der Waals surface area contributed by atoms with E-state index >= 15 is 0 Å². The third kappa shape index (κ3) is 3.84. The van der Waals surface area contributed by atoms with Crippen molar-refractivity contribution in [3.05, 3.63) is 30.1 Å². The molecule has 18 heavy (non-hydrogen) atoms. The molecule has 2 nitrogen and oxygen atoms in total. The van der Waals surface area contributed by atoms with E-state index in [2.05, 4.69) is 37.9 Å². The van der Waals surface area contributed by atoms with Gasteiger partial charge >= 0.3 is 0 Å². The van der Waals surface area contributed by atoms with Gasteiger partial charge in [-0.25, -0.2) is 0 Å². The molecule has 1 unspecified atom stereocenters. The lowest BCUT2D eigenvalue weighted by molar-refractivity contribution is 0.282. The van der Waals surface area contributed by atoms with Crippen molar-refractivity contribution in [2.75, 3.05) is 0 Å². The van der Waals surface area contributed by atoms with Gasteiger partial charge in [-0.3, -0.25) is 4.98 Å². The fourth-order valence-corrected chi connectivity index (χ4v) is 2.80. The summed E-state index contributed by atoms with van der Waals surface area (Å²) in [7, 11) is 0. The predicted molar refractivity (Wildman–Crippen MR) is 75.1 cm³/mol. The lowest BCUT2D eigenvalue weighted by Crippen LogP contribution is -2.21. The first-order valence-electron chi connectivity index (χ1n) is 6.99. The Labute approximate surface area is 111 Å². The van der Waals surface area contributed by atoms with Crippen LogP contribution in [0.4, 0.5) is 0 Å². The first-order valence-corrected chi connectivity index (χ1v) is 6.99. The van der Waals surface area contributed by atoms with E-state index in [9.17, 15) is 5.26 Å². The predicted octanol–water partition coefficient (Wildman–Crippen LogP) is 4.69. The molecule has 1 aromatic rings. The monoisotopic (exact) mass is 244 g/mol. The Kier molecular flexibility index (Phi) is 5.85. The summed E-state index contributed by atoms with van der Waals surface area (Å²) in [5, 5.41) is 9.56. The molecule has 0 bridgehead atoms. The Hall–Kier alpha value is -1.36. The summed E-state index contributed by atoms with van der Waals surface area (Å²) in [5.74, 6) is 0.351. The van der Waals surface area contributed by atoms with Gasteiger partial charge in [-0.2, -0.15) is 5.26 Å². The molecule has 0 saturated heterocycles. The zero-order valence-electron chi connectivity index (χ0n) is 11.8. The zero-order chi connectivity index (χ0) is 13.4. The molecule has 0 fully saturated rings. The number of aromatic nitrogens is 1. The number of hydrogen-bond acceptors (Lipinski definition) is 2. The summed E-state index contributed by atoms with van der Waals surface area (Å²) >= 11 is 0. The van der Waals surface area contributed by atoms with Crippen LogP contribution in [0.5, 0.6) is 0 Å². The molecule has 0 N–H and O–H groups in total. The van der Waals surface area contributed by atoms with Crippen LogP contribution in [0.1, 0.15) is 64.5 Å². The molecular formula is C16H24N2. The molecule has 1 aromatic heterocycles. The Morgan fingerprint density at radius 2 is 1.94 bits per heavy atom. The lowest BCUT2D eigenvalue weighted by Gasteiger charge is -2.28. The molecule has 0 radical (unpaired) electrons. The number of rotatable bonds is 7. The Bertz CT molecular complexity index is 372. The fraction of sp³-hybridized carbons (Fsp3) is 0.625. The minimum Gasteiger partial charge on any atom is -0.261 e. The summed E-state index contributed by atoms with van der Waals surface area (Å²) < 4.78 is 0. The van der Waals surface area contributed by atoms with Gasteiger partial charge in [0.2, 0.25) is 0 Å².